The van der Waals surface area contributed by atoms with E-state index in [0.717, 1.165) is 22.4 Å². The lowest BCUT2D eigenvalue weighted by Gasteiger charge is -2.26. The molecule has 1 aliphatic heterocycles. The molecule has 0 aromatic carbocycles. The predicted molar refractivity (Wildman–Crippen MR) is 109 cm³/mol. The van der Waals surface area contributed by atoms with Crippen molar-refractivity contribution < 1.29 is 9.21 Å². The number of nitrogens with zero attached hydrogens (tertiary/aromatic N) is 5. The van der Waals surface area contributed by atoms with E-state index in [4.69, 9.17) is 16.0 Å². The zero-order chi connectivity index (χ0) is 20.2. The van der Waals surface area contributed by atoms with Gasteiger partial charge < -0.3 is 9.32 Å². The van der Waals surface area contributed by atoms with E-state index in [1.165, 1.54) is 6.39 Å². The van der Waals surface area contributed by atoms with Gasteiger partial charge in [-0.15, -0.1) is 10.2 Å². The first-order valence-corrected chi connectivity index (χ1v) is 9.54. The van der Waals surface area contributed by atoms with Crippen molar-refractivity contribution >= 4 is 29.0 Å². The van der Waals surface area contributed by atoms with E-state index < -0.39 is 0 Å². The number of amides is 2. The Morgan fingerprint density at radius 2 is 2.21 bits per heavy atom. The van der Waals surface area contributed by atoms with E-state index in [1.54, 1.807) is 23.4 Å². The molecule has 0 spiro atoms. The van der Waals surface area contributed by atoms with Gasteiger partial charge in [-0.25, -0.2) is 9.78 Å². The molecular formula is C20H19ClN6O2. The van der Waals surface area contributed by atoms with E-state index in [1.807, 2.05) is 25.1 Å². The van der Waals surface area contributed by atoms with Crippen LogP contribution in [0.1, 0.15) is 29.1 Å². The smallest absolute Gasteiger partial charge is 0.323 e. The zero-order valence-corrected chi connectivity index (χ0v) is 16.6. The van der Waals surface area contributed by atoms with Crippen LogP contribution in [0.5, 0.6) is 0 Å². The number of pyridine rings is 2. The molecule has 1 aliphatic rings. The molecule has 0 radical (unpaired) electrons. The van der Waals surface area contributed by atoms with E-state index in [2.05, 4.69) is 25.5 Å². The number of hydrogen-bond donors (Lipinski definition) is 1. The van der Waals surface area contributed by atoms with Gasteiger partial charge in [-0.3, -0.25) is 10.3 Å². The van der Waals surface area contributed by atoms with Crippen LogP contribution in [0.2, 0.25) is 5.02 Å². The molecule has 0 saturated heterocycles. The number of nitrogens with one attached hydrogen (secondary N) is 1. The van der Waals surface area contributed by atoms with Crippen LogP contribution in [0.3, 0.4) is 0 Å². The lowest BCUT2D eigenvalue weighted by Crippen LogP contribution is -2.38. The normalized spacial score (nSPS) is 13.9. The number of urea groups is 1. The molecule has 2 amide bonds. The number of carbonyl (C=O) groups excluding carboxylic acids is 1. The van der Waals surface area contributed by atoms with E-state index in [9.17, 15) is 4.79 Å². The Morgan fingerprint density at radius 3 is 2.86 bits per heavy atom. The summed E-state index contributed by atoms with van der Waals surface area (Å²) in [5, 5.41) is 10.9. The summed E-state index contributed by atoms with van der Waals surface area (Å²) >= 11 is 6.45. The first-order chi connectivity index (χ1) is 14.1. The lowest BCUT2D eigenvalue weighted by atomic mass is 10.0. The molecule has 3 aromatic rings. The molecule has 0 unspecified atom stereocenters. The van der Waals surface area contributed by atoms with Crippen LogP contribution in [-0.2, 0) is 6.42 Å². The van der Waals surface area contributed by atoms with Crippen LogP contribution in [0.15, 0.2) is 47.5 Å². The summed E-state index contributed by atoms with van der Waals surface area (Å²) in [6.45, 7) is 3.01. The van der Waals surface area contributed by atoms with Gasteiger partial charge in [-0.2, -0.15) is 0 Å². The van der Waals surface area contributed by atoms with E-state index >= 15 is 0 Å². The zero-order valence-electron chi connectivity index (χ0n) is 15.8. The largest absolute Gasteiger partial charge is 0.428 e. The average Bonchev–Trinajstić information content (AvgIpc) is 3.23. The maximum Gasteiger partial charge on any atom is 0.323 e. The van der Waals surface area contributed by atoms with Crippen molar-refractivity contribution in [2.75, 3.05) is 18.4 Å². The molecule has 9 heteroatoms. The molecule has 8 nitrogen and oxygen atoms in total. The number of hydrogen-bond acceptors (Lipinski definition) is 6. The van der Waals surface area contributed by atoms with E-state index in [0.29, 0.717) is 42.7 Å². The van der Waals surface area contributed by atoms with Gasteiger partial charge >= 0.3 is 6.03 Å². The van der Waals surface area contributed by atoms with Gasteiger partial charge in [0.2, 0.25) is 12.3 Å². The number of carbonyl (C=O) groups is 1. The molecule has 4 rings (SSSR count). The molecule has 0 aliphatic carbocycles. The Bertz CT molecular complexity index is 1030. The molecule has 0 fully saturated rings. The third-order valence-corrected chi connectivity index (χ3v) is 4.89. The molecule has 0 saturated carbocycles. The maximum absolute atomic E-state index is 12.4. The molecule has 0 atom stereocenters. The third-order valence-electron chi connectivity index (χ3n) is 4.61. The second kappa shape index (κ2) is 8.40. The van der Waals surface area contributed by atoms with Gasteiger partial charge in [0.1, 0.15) is 5.82 Å². The number of halogens is 1. The third kappa shape index (κ3) is 4.60. The monoisotopic (exact) mass is 410 g/mol. The highest BCUT2D eigenvalue weighted by atomic mass is 35.5. The Hall–Kier alpha value is -3.26. The van der Waals surface area contributed by atoms with Crippen molar-refractivity contribution in [3.8, 4) is 0 Å². The van der Waals surface area contributed by atoms with Crippen LogP contribution in [0.4, 0.5) is 10.6 Å². The highest BCUT2D eigenvalue weighted by molar-refractivity contribution is 6.32. The molecule has 3 aromatic heterocycles. The van der Waals surface area contributed by atoms with Crippen molar-refractivity contribution in [1.29, 1.82) is 0 Å². The Balaban J connectivity index is 1.40. The Kier molecular flexibility index (Phi) is 5.53. The Morgan fingerprint density at radius 1 is 1.31 bits per heavy atom. The second-order valence-corrected chi connectivity index (χ2v) is 7.17. The molecule has 0 bridgehead atoms. The minimum absolute atomic E-state index is 0.175. The van der Waals surface area contributed by atoms with Crippen LogP contribution in [0.25, 0.3) is 5.57 Å². The number of rotatable bonds is 4. The van der Waals surface area contributed by atoms with Crippen LogP contribution < -0.4 is 5.32 Å². The predicted octanol–water partition coefficient (Wildman–Crippen LogP) is 3.73. The standard InChI is InChI=1S/C20H19ClN6O2/c1-13-2-3-17(22-10-13)25-20(28)27-6-4-15(5-7-27)19-16(21)8-14(11-23-19)9-18-26-24-12-29-18/h2-4,8,10-12H,5-7,9H2,1H3,(H,22,25,28). The first-order valence-electron chi connectivity index (χ1n) is 9.16. The van der Waals surface area contributed by atoms with Gasteiger partial charge in [0.05, 0.1) is 17.1 Å². The summed E-state index contributed by atoms with van der Waals surface area (Å²) in [7, 11) is 0. The first kappa shape index (κ1) is 19.1. The van der Waals surface area contributed by atoms with Crippen LogP contribution in [0, 0.1) is 6.92 Å². The highest BCUT2D eigenvalue weighted by Crippen LogP contribution is 2.28. The fraction of sp³-hybridized carbons (Fsp3) is 0.250. The summed E-state index contributed by atoms with van der Waals surface area (Å²) in [5.74, 6) is 1.05. The summed E-state index contributed by atoms with van der Waals surface area (Å²) < 4.78 is 5.15. The topological polar surface area (TPSA) is 97.0 Å². The average molecular weight is 411 g/mol. The molecule has 1 N–H and O–H groups in total. The minimum atomic E-state index is -0.175. The molecular weight excluding hydrogens is 392 g/mol. The summed E-state index contributed by atoms with van der Waals surface area (Å²) in [5.41, 5.74) is 3.70. The maximum atomic E-state index is 12.4. The lowest BCUT2D eigenvalue weighted by molar-refractivity contribution is 0.217. The van der Waals surface area contributed by atoms with Crippen molar-refractivity contribution in [3.05, 3.63) is 70.8 Å². The summed E-state index contributed by atoms with van der Waals surface area (Å²) in [6, 6.07) is 5.38. The fourth-order valence-electron chi connectivity index (χ4n) is 3.06. The second-order valence-electron chi connectivity index (χ2n) is 6.76. The Labute approximate surface area is 172 Å². The SMILES string of the molecule is Cc1ccc(NC(=O)N2CC=C(c3ncc(Cc4nnco4)cc3Cl)CC2)nc1. The van der Waals surface area contributed by atoms with Crippen LogP contribution >= 0.6 is 11.6 Å². The van der Waals surface area contributed by atoms with Crippen LogP contribution in [-0.4, -0.2) is 44.2 Å². The molecule has 148 valence electrons. The van der Waals surface area contributed by atoms with Crippen molar-refractivity contribution in [2.24, 2.45) is 0 Å². The number of aromatic nitrogens is 4. The number of aryl methyl sites for hydroxylation is 1. The van der Waals surface area contributed by atoms with Gasteiger partial charge in [0, 0.05) is 25.5 Å². The van der Waals surface area contributed by atoms with Gasteiger partial charge in [-0.05, 0) is 42.2 Å². The van der Waals surface area contributed by atoms with Gasteiger partial charge in [-0.1, -0.05) is 23.7 Å². The quantitative estimate of drug-likeness (QED) is 0.703. The van der Waals surface area contributed by atoms with Gasteiger partial charge in [0.25, 0.3) is 0 Å². The fourth-order valence-corrected chi connectivity index (χ4v) is 3.37. The van der Waals surface area contributed by atoms with Crippen molar-refractivity contribution in [1.82, 2.24) is 25.1 Å². The minimum Gasteiger partial charge on any atom is -0.428 e. The highest BCUT2D eigenvalue weighted by Gasteiger charge is 2.20. The van der Waals surface area contributed by atoms with Gasteiger partial charge in [0.15, 0.2) is 0 Å². The summed E-state index contributed by atoms with van der Waals surface area (Å²) in [4.78, 5) is 22.9. The summed E-state index contributed by atoms with van der Waals surface area (Å²) in [6.07, 6.45) is 7.91. The van der Waals surface area contributed by atoms with Crippen molar-refractivity contribution in [2.45, 2.75) is 19.8 Å². The van der Waals surface area contributed by atoms with Crippen molar-refractivity contribution in [3.63, 3.8) is 0 Å². The molecule has 29 heavy (non-hydrogen) atoms. The van der Waals surface area contributed by atoms with E-state index in [-0.39, 0.29) is 6.03 Å². The molecule has 4 heterocycles. The number of anilines is 1.